The minimum absolute atomic E-state index is 0.0410. The molecule has 1 amide bonds. The highest BCUT2D eigenvalue weighted by molar-refractivity contribution is 5.76. The smallest absolute Gasteiger partial charge is 0.493 e. The first-order valence-corrected chi connectivity index (χ1v) is 8.16. The van der Waals surface area contributed by atoms with Crippen molar-refractivity contribution in [2.45, 2.75) is 26.3 Å². The van der Waals surface area contributed by atoms with Crippen molar-refractivity contribution in [2.75, 3.05) is 13.7 Å². The van der Waals surface area contributed by atoms with E-state index in [1.165, 1.54) is 25.3 Å². The molecular formula is C19H20F3NO4. The van der Waals surface area contributed by atoms with Crippen molar-refractivity contribution < 1.29 is 32.2 Å². The molecule has 0 unspecified atom stereocenters. The van der Waals surface area contributed by atoms with E-state index in [1.807, 2.05) is 19.1 Å². The molecule has 0 saturated heterocycles. The molecule has 0 aliphatic heterocycles. The van der Waals surface area contributed by atoms with Crippen LogP contribution in [0.4, 0.5) is 13.2 Å². The van der Waals surface area contributed by atoms with E-state index >= 15 is 0 Å². The maximum atomic E-state index is 12.4. The number of carbonyl (C=O) groups is 1. The van der Waals surface area contributed by atoms with Gasteiger partial charge in [0.2, 0.25) is 5.91 Å². The van der Waals surface area contributed by atoms with Gasteiger partial charge in [0.15, 0.2) is 11.5 Å². The van der Waals surface area contributed by atoms with E-state index in [1.54, 1.807) is 12.1 Å². The minimum Gasteiger partial charge on any atom is -0.493 e. The van der Waals surface area contributed by atoms with E-state index in [2.05, 4.69) is 10.1 Å². The van der Waals surface area contributed by atoms with Crippen molar-refractivity contribution in [3.05, 3.63) is 53.6 Å². The van der Waals surface area contributed by atoms with Gasteiger partial charge in [0.05, 0.1) is 20.1 Å². The van der Waals surface area contributed by atoms with Crippen LogP contribution in [0.5, 0.6) is 17.2 Å². The molecule has 2 aromatic rings. The standard InChI is InChI=1S/C19H20F3NO4/c1-13-7-8-16(17(11-13)25-2)26-10-9-18(24)23-12-14-5-3-4-6-15(14)27-19(20,21)22/h3-8,11H,9-10,12H2,1-2H3,(H,23,24). The molecule has 0 saturated carbocycles. The average Bonchev–Trinajstić information content (AvgIpc) is 2.61. The summed E-state index contributed by atoms with van der Waals surface area (Å²) >= 11 is 0. The van der Waals surface area contributed by atoms with Crippen LogP contribution in [-0.2, 0) is 11.3 Å². The second-order valence-corrected chi connectivity index (χ2v) is 5.69. The number of hydrogen-bond acceptors (Lipinski definition) is 4. The van der Waals surface area contributed by atoms with Crippen molar-refractivity contribution in [3.8, 4) is 17.2 Å². The highest BCUT2D eigenvalue weighted by atomic mass is 19.4. The first kappa shape index (κ1) is 20.4. The van der Waals surface area contributed by atoms with Gasteiger partial charge >= 0.3 is 6.36 Å². The first-order chi connectivity index (χ1) is 12.8. The molecule has 8 heteroatoms. The molecule has 0 aromatic heterocycles. The van der Waals surface area contributed by atoms with Gasteiger partial charge in [0, 0.05) is 12.1 Å². The Bertz CT molecular complexity index is 778. The fourth-order valence-electron chi connectivity index (χ4n) is 2.30. The van der Waals surface area contributed by atoms with Crippen LogP contribution in [0.2, 0.25) is 0 Å². The maximum absolute atomic E-state index is 12.4. The molecule has 1 N–H and O–H groups in total. The Balaban J connectivity index is 1.84. The van der Waals surface area contributed by atoms with Gasteiger partial charge in [-0.3, -0.25) is 4.79 Å². The number of ether oxygens (including phenoxy) is 3. The number of methoxy groups -OCH3 is 1. The number of nitrogens with one attached hydrogen (secondary N) is 1. The summed E-state index contributed by atoms with van der Waals surface area (Å²) < 4.78 is 51.9. The molecule has 0 aliphatic rings. The molecule has 0 radical (unpaired) electrons. The topological polar surface area (TPSA) is 56.8 Å². The lowest BCUT2D eigenvalue weighted by atomic mass is 10.2. The number of hydrogen-bond donors (Lipinski definition) is 1. The van der Waals surface area contributed by atoms with Crippen molar-refractivity contribution in [3.63, 3.8) is 0 Å². The zero-order valence-electron chi connectivity index (χ0n) is 14.9. The van der Waals surface area contributed by atoms with Crippen LogP contribution >= 0.6 is 0 Å². The van der Waals surface area contributed by atoms with Crippen LogP contribution in [0.1, 0.15) is 17.5 Å². The second-order valence-electron chi connectivity index (χ2n) is 5.69. The summed E-state index contributed by atoms with van der Waals surface area (Å²) in [6.07, 6.45) is -4.75. The Kier molecular flexibility index (Phi) is 6.92. The Labute approximate surface area is 155 Å². The van der Waals surface area contributed by atoms with Crippen LogP contribution in [0, 0.1) is 6.92 Å². The van der Waals surface area contributed by atoms with E-state index in [4.69, 9.17) is 9.47 Å². The number of benzene rings is 2. The molecule has 27 heavy (non-hydrogen) atoms. The molecule has 0 bridgehead atoms. The van der Waals surface area contributed by atoms with Gasteiger partial charge in [0.1, 0.15) is 5.75 Å². The number of carbonyl (C=O) groups excluding carboxylic acids is 1. The van der Waals surface area contributed by atoms with Crippen LogP contribution in [-0.4, -0.2) is 26.0 Å². The monoisotopic (exact) mass is 383 g/mol. The van der Waals surface area contributed by atoms with Crippen molar-refractivity contribution in [1.29, 1.82) is 0 Å². The summed E-state index contributed by atoms with van der Waals surface area (Å²) in [5.74, 6) is 0.377. The Morgan fingerprint density at radius 1 is 1.07 bits per heavy atom. The number of aryl methyl sites for hydroxylation is 1. The van der Waals surface area contributed by atoms with E-state index in [9.17, 15) is 18.0 Å². The van der Waals surface area contributed by atoms with E-state index in [0.29, 0.717) is 11.5 Å². The number of para-hydroxylation sites is 1. The Morgan fingerprint density at radius 3 is 2.52 bits per heavy atom. The third-order valence-electron chi connectivity index (χ3n) is 3.58. The normalized spacial score (nSPS) is 11.0. The van der Waals surface area contributed by atoms with E-state index in [-0.39, 0.29) is 36.8 Å². The van der Waals surface area contributed by atoms with E-state index < -0.39 is 6.36 Å². The summed E-state index contributed by atoms with van der Waals surface area (Å²) in [6, 6.07) is 11.1. The minimum atomic E-state index is -4.79. The van der Waals surface area contributed by atoms with Crippen molar-refractivity contribution >= 4 is 5.91 Å². The second kappa shape index (κ2) is 9.16. The fourth-order valence-corrected chi connectivity index (χ4v) is 2.30. The van der Waals surface area contributed by atoms with Gasteiger partial charge in [-0.05, 0) is 30.7 Å². The maximum Gasteiger partial charge on any atom is 0.573 e. The number of alkyl halides is 3. The van der Waals surface area contributed by atoms with E-state index in [0.717, 1.165) is 5.56 Å². The molecule has 0 heterocycles. The summed E-state index contributed by atoms with van der Waals surface area (Å²) in [6.45, 7) is 1.94. The van der Waals surface area contributed by atoms with Gasteiger partial charge in [-0.1, -0.05) is 24.3 Å². The molecule has 2 aromatic carbocycles. The van der Waals surface area contributed by atoms with Crippen LogP contribution < -0.4 is 19.5 Å². The lowest BCUT2D eigenvalue weighted by Gasteiger charge is -2.14. The van der Waals surface area contributed by atoms with Gasteiger partial charge in [-0.2, -0.15) is 0 Å². The van der Waals surface area contributed by atoms with Gasteiger partial charge in [0.25, 0.3) is 0 Å². The molecule has 5 nitrogen and oxygen atoms in total. The Morgan fingerprint density at radius 2 is 1.81 bits per heavy atom. The van der Waals surface area contributed by atoms with Gasteiger partial charge in [-0.15, -0.1) is 13.2 Å². The number of amides is 1. The predicted octanol–water partition coefficient (Wildman–Crippen LogP) is 3.99. The lowest BCUT2D eigenvalue weighted by molar-refractivity contribution is -0.274. The SMILES string of the molecule is COc1cc(C)ccc1OCCC(=O)NCc1ccccc1OC(F)(F)F. The van der Waals surface area contributed by atoms with Crippen molar-refractivity contribution in [1.82, 2.24) is 5.32 Å². The third-order valence-corrected chi connectivity index (χ3v) is 3.58. The first-order valence-electron chi connectivity index (χ1n) is 8.16. The van der Waals surface area contributed by atoms with Crippen LogP contribution in [0.25, 0.3) is 0 Å². The molecule has 0 spiro atoms. The fraction of sp³-hybridized carbons (Fsp3) is 0.316. The average molecular weight is 383 g/mol. The van der Waals surface area contributed by atoms with Crippen LogP contribution in [0.15, 0.2) is 42.5 Å². The quantitative estimate of drug-likeness (QED) is 0.749. The molecule has 146 valence electrons. The third kappa shape index (κ3) is 6.73. The molecule has 0 fully saturated rings. The molecular weight excluding hydrogens is 363 g/mol. The Hall–Kier alpha value is -2.90. The molecule has 0 aliphatic carbocycles. The van der Waals surface area contributed by atoms with Gasteiger partial charge in [-0.25, -0.2) is 0 Å². The van der Waals surface area contributed by atoms with Crippen molar-refractivity contribution in [2.24, 2.45) is 0 Å². The largest absolute Gasteiger partial charge is 0.573 e. The predicted molar refractivity (Wildman–Crippen MR) is 92.8 cm³/mol. The lowest BCUT2D eigenvalue weighted by Crippen LogP contribution is -2.25. The zero-order chi connectivity index (χ0) is 19.9. The summed E-state index contributed by atoms with van der Waals surface area (Å²) in [4.78, 5) is 11.9. The summed E-state index contributed by atoms with van der Waals surface area (Å²) in [5, 5.41) is 2.55. The van der Waals surface area contributed by atoms with Gasteiger partial charge < -0.3 is 19.5 Å². The number of rotatable bonds is 8. The van der Waals surface area contributed by atoms with Crippen LogP contribution in [0.3, 0.4) is 0 Å². The number of halogens is 3. The summed E-state index contributed by atoms with van der Waals surface area (Å²) in [5.41, 5.74) is 1.24. The highest BCUT2D eigenvalue weighted by Crippen LogP contribution is 2.28. The molecule has 2 rings (SSSR count). The zero-order valence-corrected chi connectivity index (χ0v) is 14.9. The summed E-state index contributed by atoms with van der Waals surface area (Å²) in [7, 11) is 1.52. The highest BCUT2D eigenvalue weighted by Gasteiger charge is 2.31. The molecule has 0 atom stereocenters.